The Kier molecular flexibility index (Phi) is 5.47. The van der Waals surface area contributed by atoms with Crippen LogP contribution < -0.4 is 4.90 Å². The number of rotatable bonds is 1. The average Bonchev–Trinajstić information content (AvgIpc) is 2.41. The molecule has 0 bridgehead atoms. The van der Waals surface area contributed by atoms with Crippen LogP contribution in [0.4, 0.5) is 23.7 Å². The summed E-state index contributed by atoms with van der Waals surface area (Å²) in [7, 11) is 0. The van der Waals surface area contributed by atoms with Gasteiger partial charge in [-0.2, -0.15) is 13.2 Å². The van der Waals surface area contributed by atoms with Crippen molar-refractivity contribution in [1.82, 2.24) is 0 Å². The summed E-state index contributed by atoms with van der Waals surface area (Å²) in [5.74, 6) is -0.0387. The van der Waals surface area contributed by atoms with Crippen LogP contribution in [0.5, 0.6) is 0 Å². The van der Waals surface area contributed by atoms with Gasteiger partial charge >= 0.3 is 12.3 Å². The van der Waals surface area contributed by atoms with Gasteiger partial charge in [-0.15, -0.1) is 0 Å². The second-order valence-electron chi connectivity index (χ2n) is 7.60. The van der Waals surface area contributed by atoms with Crippen molar-refractivity contribution in [3.8, 4) is 0 Å². The minimum Gasteiger partial charge on any atom is -0.443 e. The van der Waals surface area contributed by atoms with Gasteiger partial charge in [-0.1, -0.05) is 29.8 Å². The van der Waals surface area contributed by atoms with Gasteiger partial charge in [0, 0.05) is 4.47 Å². The van der Waals surface area contributed by atoms with Crippen molar-refractivity contribution >= 4 is 27.7 Å². The number of nitrogens with zero attached hydrogens (tertiary/aromatic N) is 1. The van der Waals surface area contributed by atoms with Gasteiger partial charge < -0.3 is 4.74 Å². The molecule has 1 atom stereocenters. The van der Waals surface area contributed by atoms with Crippen LogP contribution in [0.1, 0.15) is 58.1 Å². The van der Waals surface area contributed by atoms with E-state index in [4.69, 9.17) is 4.74 Å². The highest BCUT2D eigenvalue weighted by molar-refractivity contribution is 9.10. The zero-order valence-corrected chi connectivity index (χ0v) is 16.6. The fourth-order valence-electron chi connectivity index (χ4n) is 3.02. The molecule has 0 N–H and O–H groups in total. The van der Waals surface area contributed by atoms with Crippen molar-refractivity contribution in [2.75, 3.05) is 4.90 Å². The number of anilines is 1. The second-order valence-corrected chi connectivity index (χ2v) is 8.52. The van der Waals surface area contributed by atoms with Crippen LogP contribution >= 0.6 is 15.9 Å². The van der Waals surface area contributed by atoms with E-state index in [1.54, 1.807) is 32.9 Å². The molecule has 1 aliphatic rings. The number of halogens is 4. The molecule has 0 aromatic heterocycles. The Morgan fingerprint density at radius 2 is 1.88 bits per heavy atom. The van der Waals surface area contributed by atoms with E-state index in [2.05, 4.69) is 15.9 Å². The molecule has 1 heterocycles. The van der Waals surface area contributed by atoms with Crippen LogP contribution in [-0.2, 0) is 11.2 Å². The second kappa shape index (κ2) is 6.82. The first-order valence-corrected chi connectivity index (χ1v) is 9.02. The Morgan fingerprint density at radius 3 is 2.36 bits per heavy atom. The third-order valence-electron chi connectivity index (χ3n) is 4.01. The topological polar surface area (TPSA) is 29.5 Å². The lowest BCUT2D eigenvalue weighted by Gasteiger charge is -2.40. The Morgan fingerprint density at radius 1 is 1.28 bits per heavy atom. The van der Waals surface area contributed by atoms with Crippen LogP contribution in [0.25, 0.3) is 0 Å². The fraction of sp³-hybridized carbons (Fsp3) is 0.611. The van der Waals surface area contributed by atoms with Crippen LogP contribution in [-0.4, -0.2) is 23.9 Å². The first-order valence-electron chi connectivity index (χ1n) is 8.22. The van der Waals surface area contributed by atoms with E-state index >= 15 is 0 Å². The maximum atomic E-state index is 13.6. The lowest BCUT2D eigenvalue weighted by atomic mass is 9.89. The molecule has 1 aromatic carbocycles. The van der Waals surface area contributed by atoms with Gasteiger partial charge in [0.25, 0.3) is 0 Å². The van der Waals surface area contributed by atoms with E-state index in [1.807, 2.05) is 13.8 Å². The summed E-state index contributed by atoms with van der Waals surface area (Å²) in [6.07, 6.45) is -5.39. The molecule has 0 aliphatic carbocycles. The number of ether oxygens (including phenoxy) is 1. The molecule has 1 aromatic rings. The largest absolute Gasteiger partial charge is 0.443 e. The van der Waals surface area contributed by atoms with Crippen molar-refractivity contribution in [2.24, 2.45) is 0 Å². The van der Waals surface area contributed by atoms with Gasteiger partial charge in [-0.3, -0.25) is 4.90 Å². The first kappa shape index (κ1) is 20.1. The summed E-state index contributed by atoms with van der Waals surface area (Å²) in [6, 6.07) is 1.68. The lowest BCUT2D eigenvalue weighted by Crippen LogP contribution is -2.53. The molecule has 2 rings (SSSR count). The number of fused-ring (bicyclic) bond motifs is 1. The number of benzene rings is 1. The molecular weight excluding hydrogens is 399 g/mol. The van der Waals surface area contributed by atoms with Gasteiger partial charge in [-0.25, -0.2) is 4.79 Å². The molecule has 0 radical (unpaired) electrons. The zero-order valence-electron chi connectivity index (χ0n) is 15.0. The summed E-state index contributed by atoms with van der Waals surface area (Å²) in [4.78, 5) is 13.5. The minimum atomic E-state index is -4.52. The van der Waals surface area contributed by atoms with Crippen LogP contribution in [0.2, 0.25) is 0 Å². The third-order valence-corrected chi connectivity index (χ3v) is 4.47. The maximum absolute atomic E-state index is 13.6. The SMILES string of the molecule is CC(C)c1cc(Br)cc2c1N(C(=O)OC(C)(C)C)C(C(F)(F)F)CC2. The van der Waals surface area contributed by atoms with E-state index in [0.717, 1.165) is 14.9 Å². The molecular formula is C18H23BrF3NO2. The Labute approximate surface area is 154 Å². The summed E-state index contributed by atoms with van der Waals surface area (Å²) in [5, 5.41) is 0. The number of hydrogen-bond donors (Lipinski definition) is 0. The average molecular weight is 422 g/mol. The van der Waals surface area contributed by atoms with Crippen molar-refractivity contribution in [1.29, 1.82) is 0 Å². The van der Waals surface area contributed by atoms with Crippen molar-refractivity contribution in [3.05, 3.63) is 27.7 Å². The van der Waals surface area contributed by atoms with Crippen molar-refractivity contribution in [2.45, 2.75) is 71.2 Å². The zero-order chi connectivity index (χ0) is 19.2. The van der Waals surface area contributed by atoms with Crippen molar-refractivity contribution < 1.29 is 22.7 Å². The molecule has 3 nitrogen and oxygen atoms in total. The quantitative estimate of drug-likeness (QED) is 0.540. The number of amides is 1. The Hall–Kier alpha value is -1.24. The molecule has 0 saturated carbocycles. The molecule has 140 valence electrons. The molecule has 1 unspecified atom stereocenters. The third kappa shape index (κ3) is 4.49. The van der Waals surface area contributed by atoms with E-state index in [1.165, 1.54) is 0 Å². The smallest absolute Gasteiger partial charge is 0.415 e. The monoisotopic (exact) mass is 421 g/mol. The van der Waals surface area contributed by atoms with E-state index in [9.17, 15) is 18.0 Å². The van der Waals surface area contributed by atoms with E-state index in [0.29, 0.717) is 11.3 Å². The highest BCUT2D eigenvalue weighted by Gasteiger charge is 2.50. The number of carbonyl (C=O) groups excluding carboxylic acids is 1. The number of hydrogen-bond acceptors (Lipinski definition) is 2. The van der Waals surface area contributed by atoms with Crippen LogP contribution in [0, 0.1) is 0 Å². The maximum Gasteiger partial charge on any atom is 0.415 e. The molecule has 25 heavy (non-hydrogen) atoms. The molecule has 1 aliphatic heterocycles. The molecule has 1 amide bonds. The lowest BCUT2D eigenvalue weighted by molar-refractivity contribution is -0.150. The Bertz CT molecular complexity index is 666. The van der Waals surface area contributed by atoms with Crippen LogP contribution in [0.15, 0.2) is 16.6 Å². The standard InChI is InChI=1S/C18H23BrF3NO2/c1-10(2)13-9-12(19)8-11-6-7-14(18(20,21)22)23(15(11)13)16(24)25-17(3,4)5/h8-10,14H,6-7H2,1-5H3. The van der Waals surface area contributed by atoms with E-state index in [-0.39, 0.29) is 18.8 Å². The molecule has 7 heteroatoms. The van der Waals surface area contributed by atoms with Gasteiger partial charge in [0.15, 0.2) is 0 Å². The van der Waals surface area contributed by atoms with Gasteiger partial charge in [0.05, 0.1) is 5.69 Å². The fourth-order valence-corrected chi connectivity index (χ4v) is 3.54. The highest BCUT2D eigenvalue weighted by atomic mass is 79.9. The predicted molar refractivity (Wildman–Crippen MR) is 95.1 cm³/mol. The number of alkyl halides is 3. The summed E-state index contributed by atoms with van der Waals surface area (Å²) < 4.78 is 47.0. The summed E-state index contributed by atoms with van der Waals surface area (Å²) >= 11 is 3.41. The predicted octanol–water partition coefficient (Wildman–Crippen LogP) is 6.19. The molecule has 0 spiro atoms. The van der Waals surface area contributed by atoms with E-state index < -0.39 is 23.9 Å². The van der Waals surface area contributed by atoms with Gasteiger partial charge in [0.2, 0.25) is 0 Å². The summed E-state index contributed by atoms with van der Waals surface area (Å²) in [5.41, 5.74) is 0.882. The number of aryl methyl sites for hydroxylation is 1. The molecule has 0 fully saturated rings. The Balaban J connectivity index is 2.64. The van der Waals surface area contributed by atoms with Gasteiger partial charge in [-0.05, 0) is 62.8 Å². The molecule has 0 saturated heterocycles. The van der Waals surface area contributed by atoms with Crippen molar-refractivity contribution in [3.63, 3.8) is 0 Å². The first-order chi connectivity index (χ1) is 11.3. The minimum absolute atomic E-state index is 0.0387. The number of carbonyl (C=O) groups is 1. The van der Waals surface area contributed by atoms with Crippen LogP contribution in [0.3, 0.4) is 0 Å². The summed E-state index contributed by atoms with van der Waals surface area (Å²) in [6.45, 7) is 8.72. The highest BCUT2D eigenvalue weighted by Crippen LogP contribution is 2.44. The normalized spacial score (nSPS) is 18.3. The van der Waals surface area contributed by atoms with Gasteiger partial charge in [0.1, 0.15) is 11.6 Å².